The highest BCUT2D eigenvalue weighted by Gasteiger charge is 2.19. The van der Waals surface area contributed by atoms with Gasteiger partial charge in [0.1, 0.15) is 5.00 Å². The van der Waals surface area contributed by atoms with Gasteiger partial charge in [0.15, 0.2) is 0 Å². The van der Waals surface area contributed by atoms with E-state index in [0.717, 1.165) is 11.3 Å². The number of carbonyl (C=O) groups excluding carboxylic acids is 2. The van der Waals surface area contributed by atoms with Crippen LogP contribution in [0.2, 0.25) is 0 Å². The Morgan fingerprint density at radius 2 is 2.10 bits per heavy atom. The number of esters is 2. The molecule has 0 aliphatic rings. The second kappa shape index (κ2) is 7.99. The SMILES string of the molecule is CCOC(=O)c1ccsc1NS(=O)(=O)CCCC(=O)OC. The Morgan fingerprint density at radius 1 is 1.38 bits per heavy atom. The van der Waals surface area contributed by atoms with Crippen molar-refractivity contribution in [2.75, 3.05) is 24.2 Å². The zero-order valence-corrected chi connectivity index (χ0v) is 13.4. The summed E-state index contributed by atoms with van der Waals surface area (Å²) in [6.45, 7) is 1.88. The Hall–Kier alpha value is -1.61. The van der Waals surface area contributed by atoms with Crippen molar-refractivity contribution in [3.05, 3.63) is 17.0 Å². The monoisotopic (exact) mass is 335 g/mol. The fourth-order valence-corrected chi connectivity index (χ4v) is 3.67. The molecule has 7 nitrogen and oxygen atoms in total. The summed E-state index contributed by atoms with van der Waals surface area (Å²) in [6.07, 6.45) is 0.161. The zero-order chi connectivity index (χ0) is 15.9. The number of hydrogen-bond acceptors (Lipinski definition) is 7. The molecule has 0 spiro atoms. The first kappa shape index (κ1) is 17.4. The van der Waals surface area contributed by atoms with Gasteiger partial charge in [-0.05, 0) is 24.8 Å². The van der Waals surface area contributed by atoms with Crippen molar-refractivity contribution in [3.63, 3.8) is 0 Å². The van der Waals surface area contributed by atoms with Crippen LogP contribution in [-0.2, 0) is 24.3 Å². The van der Waals surface area contributed by atoms with Gasteiger partial charge in [0, 0.05) is 6.42 Å². The highest BCUT2D eigenvalue weighted by Crippen LogP contribution is 2.25. The number of rotatable bonds is 8. The molecule has 1 heterocycles. The van der Waals surface area contributed by atoms with Crippen molar-refractivity contribution in [3.8, 4) is 0 Å². The fraction of sp³-hybridized carbons (Fsp3) is 0.500. The number of thiophene rings is 1. The Bertz CT molecular complexity index is 593. The second-order valence-electron chi connectivity index (χ2n) is 3.98. The molecule has 0 bridgehead atoms. The van der Waals surface area contributed by atoms with Crippen LogP contribution in [0.3, 0.4) is 0 Å². The van der Waals surface area contributed by atoms with Crippen LogP contribution < -0.4 is 4.72 Å². The van der Waals surface area contributed by atoms with E-state index in [1.165, 1.54) is 13.2 Å². The molecule has 1 N–H and O–H groups in total. The van der Waals surface area contributed by atoms with Crippen molar-refractivity contribution in [2.45, 2.75) is 19.8 Å². The van der Waals surface area contributed by atoms with Crippen LogP contribution >= 0.6 is 11.3 Å². The van der Waals surface area contributed by atoms with E-state index in [1.54, 1.807) is 12.3 Å². The van der Waals surface area contributed by atoms with Gasteiger partial charge in [-0.25, -0.2) is 13.2 Å². The lowest BCUT2D eigenvalue weighted by molar-refractivity contribution is -0.140. The Morgan fingerprint density at radius 3 is 2.71 bits per heavy atom. The third-order valence-corrected chi connectivity index (χ3v) is 4.73. The molecular formula is C12H17NO6S2. The normalized spacial score (nSPS) is 11.0. The first-order chi connectivity index (χ1) is 9.89. The molecule has 0 atom stereocenters. The first-order valence-electron chi connectivity index (χ1n) is 6.21. The minimum absolute atomic E-state index is 0.0204. The van der Waals surface area contributed by atoms with Crippen molar-refractivity contribution < 1.29 is 27.5 Å². The fourth-order valence-electron chi connectivity index (χ4n) is 1.46. The topological polar surface area (TPSA) is 98.8 Å². The van der Waals surface area contributed by atoms with Crippen molar-refractivity contribution in [1.82, 2.24) is 0 Å². The van der Waals surface area contributed by atoms with E-state index >= 15 is 0 Å². The summed E-state index contributed by atoms with van der Waals surface area (Å²) in [5.41, 5.74) is 0.179. The minimum atomic E-state index is -3.63. The van der Waals surface area contributed by atoms with Gasteiger partial charge in [-0.1, -0.05) is 0 Å². The van der Waals surface area contributed by atoms with E-state index in [1.807, 2.05) is 0 Å². The standard InChI is InChI=1S/C12H17NO6S2/c1-3-19-12(15)9-6-7-20-11(9)13-21(16,17)8-4-5-10(14)18-2/h6-7,13H,3-5,8H2,1-2H3. The quantitative estimate of drug-likeness (QED) is 0.725. The van der Waals surface area contributed by atoms with Gasteiger partial charge in [0.05, 0.1) is 25.0 Å². The summed E-state index contributed by atoms with van der Waals surface area (Å²) in [5.74, 6) is -1.28. The van der Waals surface area contributed by atoms with Crippen LogP contribution in [0.4, 0.5) is 5.00 Å². The minimum Gasteiger partial charge on any atom is -0.469 e. The molecule has 0 saturated carbocycles. The third kappa shape index (κ3) is 5.72. The van der Waals surface area contributed by atoms with Crippen LogP contribution in [-0.4, -0.2) is 39.8 Å². The largest absolute Gasteiger partial charge is 0.469 e. The Balaban J connectivity index is 2.65. The van der Waals surface area contributed by atoms with Gasteiger partial charge < -0.3 is 9.47 Å². The van der Waals surface area contributed by atoms with Crippen LogP contribution in [0.5, 0.6) is 0 Å². The van der Waals surface area contributed by atoms with Gasteiger partial charge in [0.25, 0.3) is 0 Å². The summed E-state index contributed by atoms with van der Waals surface area (Å²) in [7, 11) is -2.39. The van der Waals surface area contributed by atoms with Gasteiger partial charge in [-0.3, -0.25) is 9.52 Å². The Labute approximate surface area is 127 Å². The molecule has 9 heteroatoms. The molecule has 21 heavy (non-hydrogen) atoms. The molecule has 1 aromatic rings. The molecule has 0 aromatic carbocycles. The molecule has 0 amide bonds. The molecule has 0 radical (unpaired) electrons. The number of anilines is 1. The summed E-state index contributed by atoms with van der Waals surface area (Å²) < 4.78 is 35.4. The lowest BCUT2D eigenvalue weighted by atomic mass is 10.3. The Kier molecular flexibility index (Phi) is 6.63. The number of hydrogen-bond donors (Lipinski definition) is 1. The highest BCUT2D eigenvalue weighted by molar-refractivity contribution is 7.92. The van der Waals surface area contributed by atoms with Crippen LogP contribution in [0, 0.1) is 0 Å². The predicted octanol–water partition coefficient (Wildman–Crippen LogP) is 1.62. The number of methoxy groups -OCH3 is 1. The van der Waals surface area contributed by atoms with Gasteiger partial charge in [-0.15, -0.1) is 11.3 Å². The van der Waals surface area contributed by atoms with Gasteiger partial charge in [-0.2, -0.15) is 0 Å². The van der Waals surface area contributed by atoms with Crippen molar-refractivity contribution in [1.29, 1.82) is 0 Å². The van der Waals surface area contributed by atoms with E-state index < -0.39 is 22.0 Å². The molecule has 0 aliphatic heterocycles. The maximum atomic E-state index is 11.9. The zero-order valence-electron chi connectivity index (χ0n) is 11.7. The number of nitrogens with one attached hydrogen (secondary N) is 1. The van der Waals surface area contributed by atoms with E-state index in [-0.39, 0.29) is 35.8 Å². The average Bonchev–Trinajstić information content (AvgIpc) is 2.85. The van der Waals surface area contributed by atoms with E-state index in [4.69, 9.17) is 4.74 Å². The van der Waals surface area contributed by atoms with Gasteiger partial charge >= 0.3 is 11.9 Å². The third-order valence-electron chi connectivity index (χ3n) is 2.43. The summed E-state index contributed by atoms with van der Waals surface area (Å²) in [5, 5.41) is 1.81. The molecule has 118 valence electrons. The highest BCUT2D eigenvalue weighted by atomic mass is 32.2. The molecule has 0 aliphatic carbocycles. The molecule has 0 fully saturated rings. The van der Waals surface area contributed by atoms with E-state index in [9.17, 15) is 18.0 Å². The maximum Gasteiger partial charge on any atom is 0.341 e. The molecule has 1 rings (SSSR count). The van der Waals surface area contributed by atoms with E-state index in [2.05, 4.69) is 9.46 Å². The lowest BCUT2D eigenvalue weighted by Gasteiger charge is -2.08. The molecule has 1 aromatic heterocycles. The number of ether oxygens (including phenoxy) is 2. The van der Waals surface area contributed by atoms with Gasteiger partial charge in [0.2, 0.25) is 10.0 Å². The number of carbonyl (C=O) groups is 2. The van der Waals surface area contributed by atoms with Crippen molar-refractivity contribution >= 4 is 38.3 Å². The number of sulfonamides is 1. The van der Waals surface area contributed by atoms with E-state index in [0.29, 0.717) is 0 Å². The van der Waals surface area contributed by atoms with Crippen molar-refractivity contribution in [2.24, 2.45) is 0 Å². The first-order valence-corrected chi connectivity index (χ1v) is 8.74. The summed E-state index contributed by atoms with van der Waals surface area (Å²) >= 11 is 1.09. The second-order valence-corrected chi connectivity index (χ2v) is 6.74. The molecular weight excluding hydrogens is 318 g/mol. The lowest BCUT2D eigenvalue weighted by Crippen LogP contribution is -2.18. The predicted molar refractivity (Wildman–Crippen MR) is 78.9 cm³/mol. The van der Waals surface area contributed by atoms with Crippen LogP contribution in [0.1, 0.15) is 30.1 Å². The summed E-state index contributed by atoms with van der Waals surface area (Å²) in [6, 6.07) is 1.50. The smallest absolute Gasteiger partial charge is 0.341 e. The van der Waals surface area contributed by atoms with Crippen LogP contribution in [0.15, 0.2) is 11.4 Å². The average molecular weight is 335 g/mol. The molecule has 0 unspecified atom stereocenters. The molecule has 0 saturated heterocycles. The van der Waals surface area contributed by atoms with Crippen LogP contribution in [0.25, 0.3) is 0 Å². The summed E-state index contributed by atoms with van der Waals surface area (Å²) in [4.78, 5) is 22.6. The maximum absolute atomic E-state index is 11.9.